The fraction of sp³-hybridized carbons (Fsp3) is 0.333. The minimum atomic E-state index is 0.107. The number of aryl methyl sites for hydroxylation is 1. The van der Waals surface area contributed by atoms with Gasteiger partial charge in [0, 0.05) is 14.9 Å². The summed E-state index contributed by atoms with van der Waals surface area (Å²) in [6.07, 6.45) is 1.08. The Kier molecular flexibility index (Phi) is 5.28. The monoisotopic (exact) mass is 313 g/mol. The Morgan fingerprint density at radius 3 is 2.68 bits per heavy atom. The van der Waals surface area contributed by atoms with Crippen molar-refractivity contribution in [2.24, 2.45) is 0 Å². The molecule has 1 unspecified atom stereocenters. The second-order valence-corrected chi connectivity index (χ2v) is 6.50. The standard InChI is InChI=1S/C15H17Cl2NS/c1-3-6-18-15(11-7-10(2)19-9-11)13-8-12(16)4-5-14(13)17/h4-5,7-9,15,18H,3,6H2,1-2H3. The zero-order valence-electron chi connectivity index (χ0n) is 11.0. The lowest BCUT2D eigenvalue weighted by Gasteiger charge is -2.19. The highest BCUT2D eigenvalue weighted by Gasteiger charge is 2.17. The molecule has 1 aromatic carbocycles. The SMILES string of the molecule is CCCNC(c1csc(C)c1)c1cc(Cl)ccc1Cl. The van der Waals surface area contributed by atoms with Crippen LogP contribution in [0.1, 0.15) is 35.4 Å². The Labute approximate surface area is 128 Å². The fourth-order valence-electron chi connectivity index (χ4n) is 2.05. The second-order valence-electron chi connectivity index (χ2n) is 4.54. The highest BCUT2D eigenvalue weighted by atomic mass is 35.5. The van der Waals surface area contributed by atoms with Gasteiger partial charge in [-0.1, -0.05) is 30.1 Å². The van der Waals surface area contributed by atoms with Gasteiger partial charge >= 0.3 is 0 Å². The fourth-order valence-corrected chi connectivity index (χ4v) is 3.18. The predicted molar refractivity (Wildman–Crippen MR) is 85.7 cm³/mol. The Bertz CT molecular complexity index is 551. The lowest BCUT2D eigenvalue weighted by atomic mass is 10.0. The summed E-state index contributed by atoms with van der Waals surface area (Å²) in [5.41, 5.74) is 2.29. The number of halogens is 2. The van der Waals surface area contributed by atoms with Gasteiger partial charge in [0.1, 0.15) is 0 Å². The van der Waals surface area contributed by atoms with Crippen molar-refractivity contribution < 1.29 is 0 Å². The highest BCUT2D eigenvalue weighted by Crippen LogP contribution is 2.32. The third kappa shape index (κ3) is 3.73. The van der Waals surface area contributed by atoms with Gasteiger partial charge in [0.2, 0.25) is 0 Å². The van der Waals surface area contributed by atoms with E-state index >= 15 is 0 Å². The molecule has 4 heteroatoms. The van der Waals surface area contributed by atoms with E-state index in [1.807, 2.05) is 18.2 Å². The smallest absolute Gasteiger partial charge is 0.0600 e. The van der Waals surface area contributed by atoms with E-state index in [9.17, 15) is 0 Å². The minimum Gasteiger partial charge on any atom is -0.306 e. The summed E-state index contributed by atoms with van der Waals surface area (Å²) in [4.78, 5) is 1.30. The molecule has 1 nitrogen and oxygen atoms in total. The average molecular weight is 314 g/mol. The molecule has 19 heavy (non-hydrogen) atoms. The van der Waals surface area contributed by atoms with Crippen molar-refractivity contribution in [3.8, 4) is 0 Å². The molecule has 2 rings (SSSR count). The molecular formula is C15H17Cl2NS. The first kappa shape index (κ1) is 14.9. The Hall–Kier alpha value is -0.540. The van der Waals surface area contributed by atoms with Gasteiger partial charge in [-0.05, 0) is 60.7 Å². The third-order valence-electron chi connectivity index (χ3n) is 2.95. The minimum absolute atomic E-state index is 0.107. The molecule has 0 saturated heterocycles. The molecule has 1 N–H and O–H groups in total. The first-order valence-electron chi connectivity index (χ1n) is 6.35. The van der Waals surface area contributed by atoms with Gasteiger partial charge in [-0.3, -0.25) is 0 Å². The normalized spacial score (nSPS) is 12.6. The van der Waals surface area contributed by atoms with Crippen LogP contribution in [0.3, 0.4) is 0 Å². The van der Waals surface area contributed by atoms with Crippen LogP contribution in [0.5, 0.6) is 0 Å². The van der Waals surface area contributed by atoms with Crippen molar-refractivity contribution in [2.45, 2.75) is 26.3 Å². The van der Waals surface area contributed by atoms with Crippen molar-refractivity contribution in [3.63, 3.8) is 0 Å². The Morgan fingerprint density at radius 1 is 1.26 bits per heavy atom. The summed E-state index contributed by atoms with van der Waals surface area (Å²) < 4.78 is 0. The quantitative estimate of drug-likeness (QED) is 0.773. The van der Waals surface area contributed by atoms with Gasteiger partial charge in [-0.15, -0.1) is 11.3 Å². The van der Waals surface area contributed by atoms with Crippen molar-refractivity contribution in [3.05, 3.63) is 55.7 Å². The van der Waals surface area contributed by atoms with Gasteiger partial charge < -0.3 is 5.32 Å². The number of benzene rings is 1. The van der Waals surface area contributed by atoms with Gasteiger partial charge in [0.05, 0.1) is 6.04 Å². The van der Waals surface area contributed by atoms with E-state index in [1.54, 1.807) is 11.3 Å². The summed E-state index contributed by atoms with van der Waals surface area (Å²) in [6, 6.07) is 7.94. The number of nitrogens with one attached hydrogen (secondary N) is 1. The molecule has 0 spiro atoms. The predicted octanol–water partition coefficient (Wildman–Crippen LogP) is 5.45. The van der Waals surface area contributed by atoms with Crippen LogP contribution < -0.4 is 5.32 Å². The first-order chi connectivity index (χ1) is 9.11. The van der Waals surface area contributed by atoms with Crippen LogP contribution in [0.25, 0.3) is 0 Å². The number of thiophene rings is 1. The molecule has 1 atom stereocenters. The van der Waals surface area contributed by atoms with Crippen molar-refractivity contribution in [2.75, 3.05) is 6.54 Å². The molecule has 0 bridgehead atoms. The van der Waals surface area contributed by atoms with Crippen molar-refractivity contribution in [1.29, 1.82) is 0 Å². The molecule has 0 aliphatic rings. The summed E-state index contributed by atoms with van der Waals surface area (Å²) >= 11 is 14.2. The molecule has 0 amide bonds. The lowest BCUT2D eigenvalue weighted by molar-refractivity contribution is 0.600. The van der Waals surface area contributed by atoms with Gasteiger partial charge in [0.15, 0.2) is 0 Å². The van der Waals surface area contributed by atoms with Gasteiger partial charge in [-0.25, -0.2) is 0 Å². The topological polar surface area (TPSA) is 12.0 Å². The maximum Gasteiger partial charge on any atom is 0.0600 e. The van der Waals surface area contributed by atoms with E-state index in [-0.39, 0.29) is 6.04 Å². The molecule has 0 aliphatic carbocycles. The molecular weight excluding hydrogens is 297 g/mol. The van der Waals surface area contributed by atoms with E-state index < -0.39 is 0 Å². The van der Waals surface area contributed by atoms with Crippen LogP contribution >= 0.6 is 34.5 Å². The molecule has 2 aromatic rings. The van der Waals surface area contributed by atoms with Crippen LogP contribution in [0.15, 0.2) is 29.6 Å². The van der Waals surface area contributed by atoms with Crippen molar-refractivity contribution >= 4 is 34.5 Å². The molecule has 0 radical (unpaired) electrons. The molecule has 1 heterocycles. The maximum atomic E-state index is 6.33. The summed E-state index contributed by atoms with van der Waals surface area (Å²) in [7, 11) is 0. The van der Waals surface area contributed by atoms with Crippen LogP contribution in [-0.4, -0.2) is 6.54 Å². The van der Waals surface area contributed by atoms with Crippen LogP contribution in [0, 0.1) is 6.92 Å². The summed E-state index contributed by atoms with van der Waals surface area (Å²) in [6.45, 7) is 5.22. The van der Waals surface area contributed by atoms with E-state index in [2.05, 4.69) is 30.6 Å². The van der Waals surface area contributed by atoms with Gasteiger partial charge in [0.25, 0.3) is 0 Å². The maximum absolute atomic E-state index is 6.33. The zero-order valence-corrected chi connectivity index (χ0v) is 13.4. The largest absolute Gasteiger partial charge is 0.306 e. The average Bonchev–Trinajstić information content (AvgIpc) is 2.80. The third-order valence-corrected chi connectivity index (χ3v) is 4.41. The molecule has 0 fully saturated rings. The zero-order chi connectivity index (χ0) is 13.8. The number of hydrogen-bond donors (Lipinski definition) is 1. The van der Waals surface area contributed by atoms with E-state index in [0.717, 1.165) is 28.6 Å². The van der Waals surface area contributed by atoms with E-state index in [4.69, 9.17) is 23.2 Å². The van der Waals surface area contributed by atoms with Crippen molar-refractivity contribution in [1.82, 2.24) is 5.32 Å². The first-order valence-corrected chi connectivity index (χ1v) is 7.98. The molecule has 0 aliphatic heterocycles. The second kappa shape index (κ2) is 6.76. The molecule has 102 valence electrons. The summed E-state index contributed by atoms with van der Waals surface area (Å²) in [5, 5.41) is 7.20. The van der Waals surface area contributed by atoms with E-state index in [1.165, 1.54) is 10.4 Å². The Balaban J connectivity index is 2.39. The van der Waals surface area contributed by atoms with E-state index in [0.29, 0.717) is 0 Å². The van der Waals surface area contributed by atoms with Gasteiger partial charge in [-0.2, -0.15) is 0 Å². The van der Waals surface area contributed by atoms with Crippen LogP contribution in [-0.2, 0) is 0 Å². The lowest BCUT2D eigenvalue weighted by Crippen LogP contribution is -2.23. The number of rotatable bonds is 5. The molecule has 0 saturated carbocycles. The molecule has 1 aromatic heterocycles. The van der Waals surface area contributed by atoms with Crippen LogP contribution in [0.2, 0.25) is 10.0 Å². The number of hydrogen-bond acceptors (Lipinski definition) is 2. The summed E-state index contributed by atoms with van der Waals surface area (Å²) in [5.74, 6) is 0. The van der Waals surface area contributed by atoms with Crippen LogP contribution in [0.4, 0.5) is 0 Å². The Morgan fingerprint density at radius 2 is 2.05 bits per heavy atom. The highest BCUT2D eigenvalue weighted by molar-refractivity contribution is 7.10.